The molecular formula is C17H35NO2. The van der Waals surface area contributed by atoms with Crippen LogP contribution < -0.4 is 5.32 Å². The minimum atomic E-state index is -0.345. The van der Waals surface area contributed by atoms with Gasteiger partial charge in [0, 0.05) is 13.2 Å². The van der Waals surface area contributed by atoms with Crippen LogP contribution in [0.1, 0.15) is 71.1 Å². The van der Waals surface area contributed by atoms with Gasteiger partial charge in [-0.15, -0.1) is 0 Å². The third kappa shape index (κ3) is 11.7. The van der Waals surface area contributed by atoms with Gasteiger partial charge in [0.05, 0.1) is 12.7 Å². The molecule has 1 unspecified atom stereocenters. The Morgan fingerprint density at radius 2 is 1.70 bits per heavy atom. The lowest BCUT2D eigenvalue weighted by Crippen LogP contribution is -2.31. The van der Waals surface area contributed by atoms with Gasteiger partial charge in [0.25, 0.3) is 0 Å². The van der Waals surface area contributed by atoms with Crippen molar-refractivity contribution < 1.29 is 9.84 Å². The summed E-state index contributed by atoms with van der Waals surface area (Å²) in [7, 11) is 0. The van der Waals surface area contributed by atoms with E-state index in [1.165, 1.54) is 64.2 Å². The molecule has 0 saturated heterocycles. The van der Waals surface area contributed by atoms with Crippen molar-refractivity contribution >= 4 is 0 Å². The van der Waals surface area contributed by atoms with Crippen molar-refractivity contribution in [3.8, 4) is 0 Å². The van der Waals surface area contributed by atoms with Gasteiger partial charge in [-0.2, -0.15) is 0 Å². The highest BCUT2D eigenvalue weighted by molar-refractivity contribution is 4.72. The van der Waals surface area contributed by atoms with Crippen LogP contribution >= 0.6 is 0 Å². The van der Waals surface area contributed by atoms with Crippen LogP contribution in [0.25, 0.3) is 0 Å². The van der Waals surface area contributed by atoms with Gasteiger partial charge < -0.3 is 15.2 Å². The second-order valence-electron chi connectivity index (χ2n) is 6.31. The van der Waals surface area contributed by atoms with Crippen molar-refractivity contribution in [3.63, 3.8) is 0 Å². The smallest absolute Gasteiger partial charge is 0.0897 e. The molecule has 0 amide bonds. The second kappa shape index (κ2) is 12.6. The zero-order chi connectivity index (χ0) is 14.5. The number of hydrogen-bond donors (Lipinski definition) is 2. The Balaban J connectivity index is 1.70. The molecule has 0 aromatic heterocycles. The summed E-state index contributed by atoms with van der Waals surface area (Å²) in [5.41, 5.74) is 0. The molecule has 1 saturated carbocycles. The molecule has 1 fully saturated rings. The lowest BCUT2D eigenvalue weighted by molar-refractivity contribution is 0.0326. The number of unbranched alkanes of at least 4 members (excludes halogenated alkanes) is 7. The Morgan fingerprint density at radius 1 is 1.05 bits per heavy atom. The van der Waals surface area contributed by atoms with E-state index in [2.05, 4.69) is 12.2 Å². The number of aliphatic hydroxyl groups is 1. The van der Waals surface area contributed by atoms with E-state index in [0.29, 0.717) is 13.2 Å². The molecule has 3 heteroatoms. The topological polar surface area (TPSA) is 41.5 Å². The van der Waals surface area contributed by atoms with Gasteiger partial charge >= 0.3 is 0 Å². The molecule has 3 nitrogen and oxygen atoms in total. The maximum Gasteiger partial charge on any atom is 0.0897 e. The monoisotopic (exact) mass is 285 g/mol. The SMILES string of the molecule is CCCCCCCCCCNCC(O)COCC1CC1. The summed E-state index contributed by atoms with van der Waals surface area (Å²) in [5.74, 6) is 0.785. The first kappa shape index (κ1) is 17.9. The third-order valence-electron chi connectivity index (χ3n) is 3.95. The maximum atomic E-state index is 9.72. The van der Waals surface area contributed by atoms with Gasteiger partial charge in [-0.3, -0.25) is 0 Å². The van der Waals surface area contributed by atoms with E-state index in [4.69, 9.17) is 4.74 Å². The first-order valence-electron chi connectivity index (χ1n) is 8.79. The summed E-state index contributed by atoms with van der Waals surface area (Å²) in [6, 6.07) is 0. The highest BCUT2D eigenvalue weighted by atomic mass is 16.5. The summed E-state index contributed by atoms with van der Waals surface area (Å²) >= 11 is 0. The van der Waals surface area contributed by atoms with Crippen molar-refractivity contribution in [1.82, 2.24) is 5.32 Å². The van der Waals surface area contributed by atoms with Crippen molar-refractivity contribution in [2.24, 2.45) is 5.92 Å². The first-order chi connectivity index (χ1) is 9.83. The van der Waals surface area contributed by atoms with E-state index in [9.17, 15) is 5.11 Å². The number of rotatable bonds is 15. The Kier molecular flexibility index (Phi) is 11.3. The van der Waals surface area contributed by atoms with Crippen LogP contribution in [0.3, 0.4) is 0 Å². The van der Waals surface area contributed by atoms with Gasteiger partial charge in [0.2, 0.25) is 0 Å². The lowest BCUT2D eigenvalue weighted by atomic mass is 10.1. The van der Waals surface area contributed by atoms with E-state index in [-0.39, 0.29) is 6.10 Å². The number of ether oxygens (including phenoxy) is 1. The van der Waals surface area contributed by atoms with Gasteiger partial charge in [-0.1, -0.05) is 51.9 Å². The van der Waals surface area contributed by atoms with Gasteiger partial charge in [0.15, 0.2) is 0 Å². The molecule has 0 aliphatic heterocycles. The largest absolute Gasteiger partial charge is 0.389 e. The fourth-order valence-corrected chi connectivity index (χ4v) is 2.37. The van der Waals surface area contributed by atoms with E-state index >= 15 is 0 Å². The molecule has 0 aromatic carbocycles. The van der Waals surface area contributed by atoms with Gasteiger partial charge in [-0.05, 0) is 31.7 Å². The second-order valence-corrected chi connectivity index (χ2v) is 6.31. The summed E-state index contributed by atoms with van der Waals surface area (Å²) in [6.07, 6.45) is 13.1. The molecule has 0 spiro atoms. The molecule has 1 atom stereocenters. The first-order valence-corrected chi connectivity index (χ1v) is 8.79. The van der Waals surface area contributed by atoms with E-state index in [1.54, 1.807) is 0 Å². The van der Waals surface area contributed by atoms with E-state index in [1.807, 2.05) is 0 Å². The average Bonchev–Trinajstić information content (AvgIpc) is 3.25. The fraction of sp³-hybridized carbons (Fsp3) is 1.00. The highest BCUT2D eigenvalue weighted by Crippen LogP contribution is 2.28. The fourth-order valence-electron chi connectivity index (χ4n) is 2.37. The average molecular weight is 285 g/mol. The van der Waals surface area contributed by atoms with Crippen LogP contribution in [-0.4, -0.2) is 37.5 Å². The minimum absolute atomic E-state index is 0.345. The number of aliphatic hydroxyl groups excluding tert-OH is 1. The van der Waals surface area contributed by atoms with Crippen molar-refractivity contribution in [2.75, 3.05) is 26.3 Å². The standard InChI is InChI=1S/C17H35NO2/c1-2-3-4-5-6-7-8-9-12-18-13-17(19)15-20-14-16-10-11-16/h16-19H,2-15H2,1H3. The van der Waals surface area contributed by atoms with Crippen LogP contribution in [0.4, 0.5) is 0 Å². The highest BCUT2D eigenvalue weighted by Gasteiger charge is 2.21. The zero-order valence-electron chi connectivity index (χ0n) is 13.4. The Morgan fingerprint density at radius 3 is 2.35 bits per heavy atom. The molecule has 1 aliphatic carbocycles. The van der Waals surface area contributed by atoms with Crippen molar-refractivity contribution in [1.29, 1.82) is 0 Å². The van der Waals surface area contributed by atoms with Crippen molar-refractivity contribution in [3.05, 3.63) is 0 Å². The van der Waals surface area contributed by atoms with Crippen molar-refractivity contribution in [2.45, 2.75) is 77.2 Å². The molecule has 120 valence electrons. The van der Waals surface area contributed by atoms with Crippen LogP contribution in [0.5, 0.6) is 0 Å². The summed E-state index contributed by atoms with van der Waals surface area (Å²) in [4.78, 5) is 0. The Bertz CT molecular complexity index is 207. The predicted molar refractivity (Wildman–Crippen MR) is 85.0 cm³/mol. The number of hydrogen-bond acceptors (Lipinski definition) is 3. The molecule has 0 radical (unpaired) electrons. The molecule has 1 aliphatic rings. The molecule has 0 aromatic rings. The van der Waals surface area contributed by atoms with Gasteiger partial charge in [0.1, 0.15) is 0 Å². The molecule has 0 heterocycles. The zero-order valence-corrected chi connectivity index (χ0v) is 13.4. The number of nitrogens with one attached hydrogen (secondary N) is 1. The Hall–Kier alpha value is -0.120. The molecule has 0 bridgehead atoms. The molecular weight excluding hydrogens is 250 g/mol. The normalized spacial score (nSPS) is 16.5. The molecule has 2 N–H and O–H groups in total. The van der Waals surface area contributed by atoms with E-state index in [0.717, 1.165) is 19.1 Å². The summed E-state index contributed by atoms with van der Waals surface area (Å²) in [6.45, 7) is 5.28. The van der Waals surface area contributed by atoms with Crippen LogP contribution in [0.15, 0.2) is 0 Å². The minimum Gasteiger partial charge on any atom is -0.389 e. The maximum absolute atomic E-state index is 9.72. The lowest BCUT2D eigenvalue weighted by Gasteiger charge is -2.12. The quantitative estimate of drug-likeness (QED) is 0.452. The summed E-state index contributed by atoms with van der Waals surface area (Å²) < 4.78 is 5.47. The Labute approximate surface area is 125 Å². The van der Waals surface area contributed by atoms with Crippen LogP contribution in [-0.2, 0) is 4.74 Å². The van der Waals surface area contributed by atoms with E-state index < -0.39 is 0 Å². The van der Waals surface area contributed by atoms with Crippen LogP contribution in [0, 0.1) is 5.92 Å². The molecule has 1 rings (SSSR count). The van der Waals surface area contributed by atoms with Crippen LogP contribution in [0.2, 0.25) is 0 Å². The third-order valence-corrected chi connectivity index (χ3v) is 3.95. The van der Waals surface area contributed by atoms with Gasteiger partial charge in [-0.25, -0.2) is 0 Å². The molecule has 20 heavy (non-hydrogen) atoms. The summed E-state index contributed by atoms with van der Waals surface area (Å²) in [5, 5.41) is 13.0. The predicted octanol–water partition coefficient (Wildman–Crippen LogP) is 3.50.